The smallest absolute Gasteiger partial charge is 0.158 e. The average molecular weight is 249 g/mol. The Labute approximate surface area is 93.2 Å². The lowest BCUT2D eigenvalue weighted by molar-refractivity contribution is 0.571. The first kappa shape index (κ1) is 13.1. The number of hydrogen-bond acceptors (Lipinski definition) is 3. The number of hydrogen-bond donors (Lipinski definition) is 1. The van der Waals surface area contributed by atoms with Crippen LogP contribution >= 0.6 is 0 Å². The molecular formula is C10H13F2NO2S. The summed E-state index contributed by atoms with van der Waals surface area (Å²) in [5.74, 6) is -1.92. The van der Waals surface area contributed by atoms with Crippen LogP contribution in [0.1, 0.15) is 12.5 Å². The predicted octanol–water partition coefficient (Wildman–Crippen LogP) is 1.23. The highest BCUT2D eigenvalue weighted by Crippen LogP contribution is 2.15. The summed E-state index contributed by atoms with van der Waals surface area (Å²) in [6.45, 7) is 1.39. The molecule has 1 unspecified atom stereocenters. The Kier molecular flexibility index (Phi) is 3.98. The van der Waals surface area contributed by atoms with Crippen molar-refractivity contribution in [2.24, 2.45) is 5.73 Å². The Morgan fingerprint density at radius 1 is 1.38 bits per heavy atom. The van der Waals surface area contributed by atoms with Crippen LogP contribution in [-0.2, 0) is 15.6 Å². The van der Waals surface area contributed by atoms with Crippen molar-refractivity contribution in [3.63, 3.8) is 0 Å². The molecule has 0 aliphatic carbocycles. The topological polar surface area (TPSA) is 60.2 Å². The summed E-state index contributed by atoms with van der Waals surface area (Å²) in [5, 5.41) is -0.768. The van der Waals surface area contributed by atoms with Gasteiger partial charge in [0.2, 0.25) is 0 Å². The highest BCUT2D eigenvalue weighted by Gasteiger charge is 2.21. The normalized spacial score (nSPS) is 13.8. The van der Waals surface area contributed by atoms with Gasteiger partial charge in [-0.2, -0.15) is 0 Å². The van der Waals surface area contributed by atoms with E-state index in [0.717, 1.165) is 18.2 Å². The fourth-order valence-corrected chi connectivity index (χ4v) is 2.39. The molecule has 0 aliphatic rings. The second-order valence-electron chi connectivity index (χ2n) is 3.59. The first-order valence-corrected chi connectivity index (χ1v) is 6.44. The third kappa shape index (κ3) is 2.99. The minimum absolute atomic E-state index is 0.0424. The molecule has 0 aromatic heterocycles. The quantitative estimate of drug-likeness (QED) is 0.873. The van der Waals surface area contributed by atoms with Gasteiger partial charge in [-0.15, -0.1) is 0 Å². The molecule has 1 rings (SSSR count). The number of halogens is 2. The van der Waals surface area contributed by atoms with E-state index in [2.05, 4.69) is 0 Å². The lowest BCUT2D eigenvalue weighted by atomic mass is 10.2. The Balaban J connectivity index is 3.01. The monoisotopic (exact) mass is 249 g/mol. The highest BCUT2D eigenvalue weighted by molar-refractivity contribution is 7.91. The van der Waals surface area contributed by atoms with E-state index in [4.69, 9.17) is 5.73 Å². The molecule has 1 aromatic carbocycles. The molecular weight excluding hydrogens is 236 g/mol. The van der Waals surface area contributed by atoms with Gasteiger partial charge in [0.1, 0.15) is 11.6 Å². The molecule has 0 saturated heterocycles. The summed E-state index contributed by atoms with van der Waals surface area (Å²) < 4.78 is 49.3. The maximum Gasteiger partial charge on any atom is 0.158 e. The van der Waals surface area contributed by atoms with Crippen molar-refractivity contribution >= 4 is 9.84 Å². The first-order chi connectivity index (χ1) is 7.36. The Hall–Kier alpha value is -1.01. The van der Waals surface area contributed by atoms with Crippen molar-refractivity contribution in [3.05, 3.63) is 35.4 Å². The van der Waals surface area contributed by atoms with Crippen molar-refractivity contribution in [3.8, 4) is 0 Å². The molecule has 1 aromatic rings. The predicted molar refractivity (Wildman–Crippen MR) is 57.5 cm³/mol. The van der Waals surface area contributed by atoms with Gasteiger partial charge in [0, 0.05) is 12.1 Å². The van der Waals surface area contributed by atoms with E-state index in [1.54, 1.807) is 0 Å². The molecule has 16 heavy (non-hydrogen) atoms. The van der Waals surface area contributed by atoms with Crippen LogP contribution in [-0.4, -0.2) is 20.2 Å². The Morgan fingerprint density at radius 2 is 2.00 bits per heavy atom. The minimum Gasteiger partial charge on any atom is -0.329 e. The van der Waals surface area contributed by atoms with Crippen molar-refractivity contribution in [2.45, 2.75) is 17.9 Å². The van der Waals surface area contributed by atoms with Gasteiger partial charge < -0.3 is 5.73 Å². The van der Waals surface area contributed by atoms with Crippen molar-refractivity contribution in [2.75, 3.05) is 6.54 Å². The van der Waals surface area contributed by atoms with Crippen LogP contribution in [0.25, 0.3) is 0 Å². The average Bonchev–Trinajstić information content (AvgIpc) is 2.22. The standard InChI is InChI=1S/C10H13F2NO2S/c1-7(5-13)16(14,15)6-8-4-9(11)2-3-10(8)12/h2-4,7H,5-6,13H2,1H3. The van der Waals surface area contributed by atoms with Gasteiger partial charge in [0.25, 0.3) is 0 Å². The minimum atomic E-state index is -3.53. The molecule has 90 valence electrons. The van der Waals surface area contributed by atoms with Gasteiger partial charge >= 0.3 is 0 Å². The lowest BCUT2D eigenvalue weighted by Crippen LogP contribution is -2.28. The second-order valence-corrected chi connectivity index (χ2v) is 6.01. The number of nitrogens with two attached hydrogens (primary N) is 1. The molecule has 2 N–H and O–H groups in total. The van der Waals surface area contributed by atoms with Gasteiger partial charge in [-0.25, -0.2) is 17.2 Å². The number of rotatable bonds is 4. The van der Waals surface area contributed by atoms with Gasteiger partial charge in [-0.05, 0) is 25.1 Å². The molecule has 1 atom stereocenters. The van der Waals surface area contributed by atoms with E-state index in [1.807, 2.05) is 0 Å². The molecule has 3 nitrogen and oxygen atoms in total. The zero-order valence-corrected chi connectivity index (χ0v) is 9.60. The van der Waals surface area contributed by atoms with Crippen LogP contribution in [0, 0.1) is 11.6 Å². The summed E-state index contributed by atoms with van der Waals surface area (Å²) in [6, 6.07) is 2.74. The molecule has 0 saturated carbocycles. The highest BCUT2D eigenvalue weighted by atomic mass is 32.2. The maximum absolute atomic E-state index is 13.2. The SMILES string of the molecule is CC(CN)S(=O)(=O)Cc1cc(F)ccc1F. The van der Waals surface area contributed by atoms with Gasteiger partial charge in [0.15, 0.2) is 9.84 Å². The van der Waals surface area contributed by atoms with E-state index >= 15 is 0 Å². The molecule has 0 bridgehead atoms. The van der Waals surface area contributed by atoms with Crippen LogP contribution in [0.15, 0.2) is 18.2 Å². The van der Waals surface area contributed by atoms with Crippen molar-refractivity contribution in [1.82, 2.24) is 0 Å². The fraction of sp³-hybridized carbons (Fsp3) is 0.400. The van der Waals surface area contributed by atoms with Crippen LogP contribution in [0.4, 0.5) is 8.78 Å². The number of benzene rings is 1. The van der Waals surface area contributed by atoms with E-state index < -0.39 is 32.5 Å². The summed E-state index contributed by atoms with van der Waals surface area (Å²) in [4.78, 5) is 0. The third-order valence-electron chi connectivity index (χ3n) is 2.31. The van der Waals surface area contributed by atoms with Gasteiger partial charge in [-0.1, -0.05) is 0 Å². The summed E-state index contributed by atoms with van der Waals surface area (Å²) in [6.07, 6.45) is 0. The summed E-state index contributed by atoms with van der Waals surface area (Å²) in [7, 11) is -3.53. The van der Waals surface area contributed by atoms with E-state index in [-0.39, 0.29) is 12.1 Å². The molecule has 0 spiro atoms. The van der Waals surface area contributed by atoms with Crippen LogP contribution in [0.2, 0.25) is 0 Å². The molecule has 6 heteroatoms. The van der Waals surface area contributed by atoms with E-state index in [9.17, 15) is 17.2 Å². The fourth-order valence-electron chi connectivity index (χ4n) is 1.16. The number of sulfone groups is 1. The van der Waals surface area contributed by atoms with Gasteiger partial charge in [-0.3, -0.25) is 0 Å². The lowest BCUT2D eigenvalue weighted by Gasteiger charge is -2.10. The van der Waals surface area contributed by atoms with E-state index in [0.29, 0.717) is 0 Å². The van der Waals surface area contributed by atoms with Crippen LogP contribution in [0.5, 0.6) is 0 Å². The second kappa shape index (κ2) is 4.88. The van der Waals surface area contributed by atoms with Gasteiger partial charge in [0.05, 0.1) is 11.0 Å². The zero-order chi connectivity index (χ0) is 12.3. The Morgan fingerprint density at radius 3 is 2.56 bits per heavy atom. The molecule has 0 aliphatic heterocycles. The molecule has 0 heterocycles. The van der Waals surface area contributed by atoms with Crippen molar-refractivity contribution in [1.29, 1.82) is 0 Å². The molecule has 0 radical (unpaired) electrons. The third-order valence-corrected chi connectivity index (χ3v) is 4.44. The van der Waals surface area contributed by atoms with E-state index in [1.165, 1.54) is 6.92 Å². The summed E-state index contributed by atoms with van der Waals surface area (Å²) in [5.41, 5.74) is 5.07. The Bertz CT molecular complexity index is 474. The van der Waals surface area contributed by atoms with Crippen LogP contribution in [0.3, 0.4) is 0 Å². The largest absolute Gasteiger partial charge is 0.329 e. The summed E-state index contributed by atoms with van der Waals surface area (Å²) >= 11 is 0. The first-order valence-electron chi connectivity index (χ1n) is 4.72. The van der Waals surface area contributed by atoms with Crippen molar-refractivity contribution < 1.29 is 17.2 Å². The van der Waals surface area contributed by atoms with Crippen LogP contribution < -0.4 is 5.73 Å². The maximum atomic E-state index is 13.2. The zero-order valence-electron chi connectivity index (χ0n) is 8.78. The molecule has 0 fully saturated rings. The molecule has 0 amide bonds.